The Kier molecular flexibility index (Phi) is 5.81. The summed E-state index contributed by atoms with van der Waals surface area (Å²) in [5.41, 5.74) is 1.58. The molecule has 8 nitrogen and oxygen atoms in total. The summed E-state index contributed by atoms with van der Waals surface area (Å²) in [4.78, 5) is 7.71. The van der Waals surface area contributed by atoms with Gasteiger partial charge in [-0.1, -0.05) is 11.6 Å². The normalized spacial score (nSPS) is 11.0. The van der Waals surface area contributed by atoms with Crippen molar-refractivity contribution in [2.75, 3.05) is 4.72 Å². The zero-order chi connectivity index (χ0) is 21.8. The molecule has 2 heterocycles. The van der Waals surface area contributed by atoms with E-state index in [0.717, 1.165) is 17.1 Å². The smallest absolute Gasteiger partial charge is 0.263 e. The maximum atomic E-state index is 12.6. The predicted octanol–water partition coefficient (Wildman–Crippen LogP) is 4.72. The van der Waals surface area contributed by atoms with Crippen molar-refractivity contribution >= 4 is 38.3 Å². The van der Waals surface area contributed by atoms with Crippen LogP contribution in [0, 0.1) is 11.3 Å². The van der Waals surface area contributed by atoms with Crippen molar-refractivity contribution in [1.82, 2.24) is 14.3 Å². The molecule has 0 atom stereocenters. The van der Waals surface area contributed by atoms with E-state index >= 15 is 0 Å². The average Bonchev–Trinajstić information content (AvgIpc) is 3.28. The number of anilines is 1. The molecule has 0 spiro atoms. The first-order valence-electron chi connectivity index (χ1n) is 8.68. The zero-order valence-electron chi connectivity index (χ0n) is 15.6. The second-order valence-electron chi connectivity index (χ2n) is 6.10. The molecule has 0 bridgehead atoms. The number of sulfonamides is 1. The van der Waals surface area contributed by atoms with Crippen molar-refractivity contribution in [1.29, 1.82) is 5.26 Å². The van der Waals surface area contributed by atoms with Crippen LogP contribution < -0.4 is 9.46 Å². The summed E-state index contributed by atoms with van der Waals surface area (Å²) >= 11 is 7.06. The summed E-state index contributed by atoms with van der Waals surface area (Å²) in [6.45, 7) is 0. The first-order valence-corrected chi connectivity index (χ1v) is 11.3. The van der Waals surface area contributed by atoms with E-state index in [1.165, 1.54) is 24.5 Å². The molecule has 2 aromatic heterocycles. The number of nitrogens with one attached hydrogen (secondary N) is 1. The summed E-state index contributed by atoms with van der Waals surface area (Å²) < 4.78 is 37.2. The Balaban J connectivity index is 1.69. The van der Waals surface area contributed by atoms with E-state index in [1.807, 2.05) is 6.07 Å². The Morgan fingerprint density at radius 1 is 1.06 bits per heavy atom. The Bertz CT molecular complexity index is 1370. The summed E-state index contributed by atoms with van der Waals surface area (Å²) in [6, 6.07) is 14.7. The lowest BCUT2D eigenvalue weighted by molar-refractivity contribution is 0.482. The Hall–Kier alpha value is -3.52. The standard InChI is InChI=1S/C20H12ClN5O3S2/c21-15-1-3-19(17(10-15)13-5-7-23-8-6-13)29-18-4-2-16(9-14(18)11-22)31(27,28)26-20-24-12-25-30-20/h1-10,12H,(H,24,25,26). The molecular weight excluding hydrogens is 458 g/mol. The molecule has 0 saturated carbocycles. The van der Waals surface area contributed by atoms with Crippen molar-refractivity contribution < 1.29 is 13.2 Å². The van der Waals surface area contributed by atoms with Crippen molar-refractivity contribution in [2.24, 2.45) is 0 Å². The van der Waals surface area contributed by atoms with Crippen LogP contribution in [0.3, 0.4) is 0 Å². The van der Waals surface area contributed by atoms with Crippen LogP contribution in [-0.2, 0) is 10.0 Å². The number of nitrogens with zero attached hydrogens (tertiary/aromatic N) is 4. The molecule has 154 valence electrons. The number of rotatable bonds is 6. The fourth-order valence-corrected chi connectivity index (χ4v) is 4.57. The fraction of sp³-hybridized carbons (Fsp3) is 0. The lowest BCUT2D eigenvalue weighted by Crippen LogP contribution is -2.13. The molecule has 0 unspecified atom stereocenters. The van der Waals surface area contributed by atoms with Gasteiger partial charge in [0.05, 0.1) is 10.5 Å². The molecule has 0 aliphatic carbocycles. The van der Waals surface area contributed by atoms with Crippen molar-refractivity contribution in [3.63, 3.8) is 0 Å². The minimum atomic E-state index is -3.94. The van der Waals surface area contributed by atoms with E-state index in [2.05, 4.69) is 19.1 Å². The maximum absolute atomic E-state index is 12.6. The highest BCUT2D eigenvalue weighted by Gasteiger charge is 2.19. The number of pyridine rings is 1. The van der Waals surface area contributed by atoms with Gasteiger partial charge in [-0.15, -0.1) is 0 Å². The number of hydrogen-bond donors (Lipinski definition) is 1. The van der Waals surface area contributed by atoms with E-state index < -0.39 is 10.0 Å². The number of benzene rings is 2. The fourth-order valence-electron chi connectivity index (χ4n) is 2.71. The summed E-state index contributed by atoms with van der Waals surface area (Å²) in [7, 11) is -3.94. The highest BCUT2D eigenvalue weighted by molar-refractivity contribution is 7.93. The lowest BCUT2D eigenvalue weighted by atomic mass is 10.1. The van der Waals surface area contributed by atoms with Gasteiger partial charge in [0.1, 0.15) is 23.9 Å². The van der Waals surface area contributed by atoms with Gasteiger partial charge in [0.25, 0.3) is 10.0 Å². The van der Waals surface area contributed by atoms with Gasteiger partial charge in [0, 0.05) is 34.5 Å². The van der Waals surface area contributed by atoms with Crippen LogP contribution in [0.5, 0.6) is 11.5 Å². The molecule has 2 aromatic carbocycles. The largest absolute Gasteiger partial charge is 0.455 e. The first kappa shape index (κ1) is 20.7. The molecule has 0 fully saturated rings. The molecule has 0 aliphatic heterocycles. The van der Waals surface area contributed by atoms with Gasteiger partial charge in [-0.25, -0.2) is 13.4 Å². The van der Waals surface area contributed by atoms with Gasteiger partial charge in [0.15, 0.2) is 0 Å². The van der Waals surface area contributed by atoms with E-state index in [4.69, 9.17) is 16.3 Å². The van der Waals surface area contributed by atoms with Crippen LogP contribution in [0.4, 0.5) is 5.13 Å². The number of aromatic nitrogens is 3. The highest BCUT2D eigenvalue weighted by atomic mass is 35.5. The second kappa shape index (κ2) is 8.69. The Labute approximate surface area is 187 Å². The van der Waals surface area contributed by atoms with Gasteiger partial charge in [0.2, 0.25) is 5.13 Å². The zero-order valence-corrected chi connectivity index (χ0v) is 17.9. The van der Waals surface area contributed by atoms with E-state index in [0.29, 0.717) is 16.3 Å². The predicted molar refractivity (Wildman–Crippen MR) is 117 cm³/mol. The van der Waals surface area contributed by atoms with Gasteiger partial charge in [-0.2, -0.15) is 9.64 Å². The summed E-state index contributed by atoms with van der Waals surface area (Å²) in [5.74, 6) is 0.657. The molecular formula is C20H12ClN5O3S2. The third-order valence-corrected chi connectivity index (χ3v) is 6.40. The van der Waals surface area contributed by atoms with Gasteiger partial charge < -0.3 is 4.74 Å². The van der Waals surface area contributed by atoms with Gasteiger partial charge in [-0.3, -0.25) is 9.71 Å². The van der Waals surface area contributed by atoms with Crippen LogP contribution in [0.1, 0.15) is 5.56 Å². The second-order valence-corrected chi connectivity index (χ2v) is 9.00. The molecule has 0 saturated heterocycles. The molecule has 11 heteroatoms. The van der Waals surface area contributed by atoms with Crippen LogP contribution in [0.15, 0.2) is 72.1 Å². The van der Waals surface area contributed by atoms with Crippen LogP contribution in [0.2, 0.25) is 5.02 Å². The average molecular weight is 470 g/mol. The third kappa shape index (κ3) is 4.64. The minimum Gasteiger partial charge on any atom is -0.455 e. The summed E-state index contributed by atoms with van der Waals surface area (Å²) in [5, 5.41) is 10.2. The highest BCUT2D eigenvalue weighted by Crippen LogP contribution is 2.36. The van der Waals surface area contributed by atoms with Crippen molar-refractivity contribution in [2.45, 2.75) is 4.90 Å². The first-order chi connectivity index (χ1) is 15.0. The number of nitriles is 1. The number of ether oxygens (including phenoxy) is 1. The molecule has 4 rings (SSSR count). The minimum absolute atomic E-state index is 0.0516. The number of halogens is 1. The topological polar surface area (TPSA) is 118 Å². The molecule has 0 aliphatic rings. The molecule has 0 radical (unpaired) electrons. The summed E-state index contributed by atoms with van der Waals surface area (Å²) in [6.07, 6.45) is 4.53. The quantitative estimate of drug-likeness (QED) is 0.434. The SMILES string of the molecule is N#Cc1cc(S(=O)(=O)Nc2ncns2)ccc1Oc1ccc(Cl)cc1-c1ccncc1. The molecule has 4 aromatic rings. The number of hydrogen-bond acceptors (Lipinski definition) is 8. The van der Waals surface area contributed by atoms with Crippen LogP contribution in [-0.4, -0.2) is 22.8 Å². The lowest BCUT2D eigenvalue weighted by Gasteiger charge is -2.14. The van der Waals surface area contributed by atoms with Gasteiger partial charge in [-0.05, 0) is 54.1 Å². The third-order valence-electron chi connectivity index (χ3n) is 4.12. The Morgan fingerprint density at radius 3 is 2.55 bits per heavy atom. The van der Waals surface area contributed by atoms with Crippen LogP contribution >= 0.6 is 23.1 Å². The molecule has 0 amide bonds. The van der Waals surface area contributed by atoms with Crippen LogP contribution in [0.25, 0.3) is 11.1 Å². The van der Waals surface area contributed by atoms with Gasteiger partial charge >= 0.3 is 0 Å². The molecule has 31 heavy (non-hydrogen) atoms. The van der Waals surface area contributed by atoms with E-state index in [1.54, 1.807) is 42.7 Å². The monoisotopic (exact) mass is 469 g/mol. The molecule has 1 N–H and O–H groups in total. The van der Waals surface area contributed by atoms with Crippen molar-refractivity contribution in [3.8, 4) is 28.7 Å². The van der Waals surface area contributed by atoms with E-state index in [-0.39, 0.29) is 21.3 Å². The maximum Gasteiger partial charge on any atom is 0.263 e. The van der Waals surface area contributed by atoms with E-state index in [9.17, 15) is 13.7 Å². The Morgan fingerprint density at radius 2 is 1.84 bits per heavy atom. The van der Waals surface area contributed by atoms with Crippen molar-refractivity contribution in [3.05, 3.63) is 77.8 Å².